The molecule has 1 aromatic carbocycles. The molecule has 0 atom stereocenters. The van der Waals surface area contributed by atoms with Crippen molar-refractivity contribution in [2.45, 2.75) is 17.6 Å². The molecule has 0 spiro atoms. The number of nitrogens with zero attached hydrogens (tertiary/aromatic N) is 7. The number of pyridine rings is 1. The number of hydrogen-bond acceptors (Lipinski definition) is 9. The van der Waals surface area contributed by atoms with Crippen LogP contribution in [0.25, 0.3) is 16.9 Å². The van der Waals surface area contributed by atoms with E-state index in [0.717, 1.165) is 37.6 Å². The average molecular weight is 523 g/mol. The fraction of sp³-hybridized carbons (Fsp3) is 0.360. The Morgan fingerprint density at radius 3 is 2.41 bits per heavy atom. The van der Waals surface area contributed by atoms with Gasteiger partial charge in [-0.2, -0.15) is 14.1 Å². The van der Waals surface area contributed by atoms with Crippen LogP contribution in [0, 0.1) is 5.95 Å². The molecule has 192 valence electrons. The molecule has 37 heavy (non-hydrogen) atoms. The molecule has 4 heterocycles. The maximum Gasteiger partial charge on any atom is 0.244 e. The molecule has 2 aliphatic rings. The van der Waals surface area contributed by atoms with E-state index in [9.17, 15) is 12.8 Å². The first-order valence-electron chi connectivity index (χ1n) is 12.1. The van der Waals surface area contributed by atoms with Gasteiger partial charge in [-0.25, -0.2) is 18.4 Å². The minimum Gasteiger partial charge on any atom is -0.369 e. The fourth-order valence-electron chi connectivity index (χ4n) is 4.76. The third-order valence-corrected chi connectivity index (χ3v) is 9.24. The molecule has 6 rings (SSSR count). The molecule has 0 unspecified atom stereocenters. The number of likely N-dealkylation sites (N-methyl/N-ethyl adjacent to an activating group) is 1. The van der Waals surface area contributed by atoms with Crippen LogP contribution in [-0.2, 0) is 14.6 Å². The number of aromatic nitrogens is 5. The molecular formula is C25H27FN8O2S. The molecule has 0 radical (unpaired) electrons. The summed E-state index contributed by atoms with van der Waals surface area (Å²) in [5.74, 6) is -0.149. The molecule has 12 heteroatoms. The zero-order valence-electron chi connectivity index (χ0n) is 20.6. The standard InChI is InChI=1S/C25H27FN8O2S/c1-32-12-14-33(15-13-32)18-8-6-17(7-9-18)28-24-27-16-19-22(26)31-34(23(19)30-24)21-5-3-4-20(29-21)25(10-11-25)37(2,35)36/h3-9,16H,10-15H2,1-2H3,(H,27,28,30). The van der Waals surface area contributed by atoms with Crippen molar-refractivity contribution in [3.05, 3.63) is 60.3 Å². The summed E-state index contributed by atoms with van der Waals surface area (Å²) < 4.78 is 39.7. The summed E-state index contributed by atoms with van der Waals surface area (Å²) in [6.45, 7) is 4.04. The summed E-state index contributed by atoms with van der Waals surface area (Å²) in [4.78, 5) is 18.0. The minimum atomic E-state index is -3.34. The average Bonchev–Trinajstić information content (AvgIpc) is 3.65. The highest BCUT2D eigenvalue weighted by Gasteiger charge is 2.54. The Kier molecular flexibility index (Phi) is 5.60. The van der Waals surface area contributed by atoms with E-state index in [-0.39, 0.29) is 17.0 Å². The second-order valence-electron chi connectivity index (χ2n) is 9.74. The van der Waals surface area contributed by atoms with Gasteiger partial charge in [-0.1, -0.05) is 6.07 Å². The number of nitrogens with one attached hydrogen (secondary N) is 1. The van der Waals surface area contributed by atoms with Crippen LogP contribution in [0.1, 0.15) is 18.5 Å². The van der Waals surface area contributed by atoms with Crippen molar-refractivity contribution < 1.29 is 12.8 Å². The van der Waals surface area contributed by atoms with Gasteiger partial charge in [0, 0.05) is 50.0 Å². The molecule has 10 nitrogen and oxygen atoms in total. The van der Waals surface area contributed by atoms with Gasteiger partial charge in [-0.05, 0) is 56.3 Å². The van der Waals surface area contributed by atoms with Crippen molar-refractivity contribution in [1.29, 1.82) is 0 Å². The highest BCUT2D eigenvalue weighted by molar-refractivity contribution is 7.91. The van der Waals surface area contributed by atoms with Crippen molar-refractivity contribution in [2.75, 3.05) is 49.7 Å². The second-order valence-corrected chi connectivity index (χ2v) is 12.1. The molecule has 4 aromatic rings. The van der Waals surface area contributed by atoms with E-state index in [4.69, 9.17) is 0 Å². The van der Waals surface area contributed by atoms with Gasteiger partial charge in [0.25, 0.3) is 0 Å². The predicted octanol–water partition coefficient (Wildman–Crippen LogP) is 2.88. The van der Waals surface area contributed by atoms with Crippen LogP contribution < -0.4 is 10.2 Å². The van der Waals surface area contributed by atoms with Gasteiger partial charge in [0.2, 0.25) is 11.9 Å². The number of hydrogen-bond donors (Lipinski definition) is 1. The lowest BCUT2D eigenvalue weighted by molar-refractivity contribution is 0.313. The topological polar surface area (TPSA) is 109 Å². The van der Waals surface area contributed by atoms with Crippen LogP contribution in [0.15, 0.2) is 48.7 Å². The number of sulfone groups is 1. The van der Waals surface area contributed by atoms with Crippen LogP contribution in [0.5, 0.6) is 0 Å². The van der Waals surface area contributed by atoms with Crippen LogP contribution in [-0.4, -0.2) is 77.5 Å². The van der Waals surface area contributed by atoms with Crippen LogP contribution in [0.3, 0.4) is 0 Å². The first-order valence-corrected chi connectivity index (χ1v) is 14.0. The molecule has 1 aliphatic heterocycles. The summed E-state index contributed by atoms with van der Waals surface area (Å²) in [6.07, 6.45) is 3.63. The fourth-order valence-corrected chi connectivity index (χ4v) is 6.10. The van der Waals surface area contributed by atoms with Crippen molar-refractivity contribution >= 4 is 38.2 Å². The smallest absolute Gasteiger partial charge is 0.244 e. The summed E-state index contributed by atoms with van der Waals surface area (Å²) in [7, 11) is -1.21. The number of piperazine rings is 1. The molecule has 1 N–H and O–H groups in total. The number of rotatable bonds is 6. The maximum atomic E-state index is 14.7. The summed E-state index contributed by atoms with van der Waals surface area (Å²) in [6, 6.07) is 13.1. The first-order chi connectivity index (χ1) is 17.7. The molecule has 1 saturated heterocycles. The normalized spacial score (nSPS) is 17.8. The van der Waals surface area contributed by atoms with Gasteiger partial charge < -0.3 is 15.1 Å². The second kappa shape index (κ2) is 8.73. The van der Waals surface area contributed by atoms with E-state index in [2.05, 4.69) is 54.3 Å². The molecule has 2 fully saturated rings. The Bertz CT molecular complexity index is 1580. The Balaban J connectivity index is 1.28. The Hall–Kier alpha value is -3.64. The van der Waals surface area contributed by atoms with Crippen molar-refractivity contribution in [3.63, 3.8) is 0 Å². The van der Waals surface area contributed by atoms with E-state index in [1.165, 1.54) is 17.1 Å². The molecule has 0 amide bonds. The van der Waals surface area contributed by atoms with E-state index >= 15 is 0 Å². The summed E-state index contributed by atoms with van der Waals surface area (Å²) in [5, 5.41) is 7.30. The lowest BCUT2D eigenvalue weighted by Crippen LogP contribution is -2.44. The van der Waals surface area contributed by atoms with Crippen molar-refractivity contribution in [1.82, 2.24) is 29.6 Å². The largest absolute Gasteiger partial charge is 0.369 e. The first kappa shape index (κ1) is 23.7. The van der Waals surface area contributed by atoms with E-state index in [0.29, 0.717) is 24.4 Å². The predicted molar refractivity (Wildman–Crippen MR) is 140 cm³/mol. The zero-order valence-corrected chi connectivity index (χ0v) is 21.4. The molecule has 0 bridgehead atoms. The highest BCUT2D eigenvalue weighted by atomic mass is 32.2. The number of halogens is 1. The number of benzene rings is 1. The Morgan fingerprint density at radius 2 is 1.73 bits per heavy atom. The summed E-state index contributed by atoms with van der Waals surface area (Å²) >= 11 is 0. The van der Waals surface area contributed by atoms with Crippen molar-refractivity contribution in [3.8, 4) is 5.82 Å². The van der Waals surface area contributed by atoms with Crippen LogP contribution in [0.2, 0.25) is 0 Å². The molecule has 3 aromatic heterocycles. The van der Waals surface area contributed by atoms with Gasteiger partial charge in [0.15, 0.2) is 21.3 Å². The lowest BCUT2D eigenvalue weighted by Gasteiger charge is -2.34. The van der Waals surface area contributed by atoms with E-state index < -0.39 is 20.5 Å². The third-order valence-electron chi connectivity index (χ3n) is 7.20. The van der Waals surface area contributed by atoms with Gasteiger partial charge >= 0.3 is 0 Å². The number of fused-ring (bicyclic) bond motifs is 1. The monoisotopic (exact) mass is 522 g/mol. The molecule has 1 saturated carbocycles. The summed E-state index contributed by atoms with van der Waals surface area (Å²) in [5.41, 5.74) is 2.62. The Morgan fingerprint density at radius 1 is 1.00 bits per heavy atom. The minimum absolute atomic E-state index is 0.146. The molecule has 1 aliphatic carbocycles. The van der Waals surface area contributed by atoms with Gasteiger partial charge in [0.05, 0.1) is 11.1 Å². The van der Waals surface area contributed by atoms with E-state index in [1.54, 1.807) is 18.2 Å². The van der Waals surface area contributed by atoms with Crippen molar-refractivity contribution in [2.24, 2.45) is 0 Å². The Labute approximate surface area is 214 Å². The quantitative estimate of drug-likeness (QED) is 0.409. The maximum absolute atomic E-state index is 14.7. The zero-order chi connectivity index (χ0) is 25.8. The lowest BCUT2D eigenvalue weighted by atomic mass is 10.2. The highest BCUT2D eigenvalue weighted by Crippen LogP contribution is 2.51. The SMILES string of the molecule is CN1CCN(c2ccc(Nc3ncc4c(F)nn(-c5cccc(C6(S(C)(=O)=O)CC6)n5)c4n3)cc2)CC1. The van der Waals surface area contributed by atoms with Gasteiger partial charge in [-0.3, -0.25) is 0 Å². The molecular weight excluding hydrogens is 495 g/mol. The third kappa shape index (κ3) is 4.29. The van der Waals surface area contributed by atoms with Gasteiger partial charge in [0.1, 0.15) is 4.75 Å². The van der Waals surface area contributed by atoms with Crippen LogP contribution >= 0.6 is 0 Å². The van der Waals surface area contributed by atoms with E-state index in [1.807, 2.05) is 12.1 Å². The van der Waals surface area contributed by atoms with Gasteiger partial charge in [-0.15, -0.1) is 5.10 Å². The van der Waals surface area contributed by atoms with Crippen LogP contribution in [0.4, 0.5) is 21.7 Å². The number of anilines is 3.